The van der Waals surface area contributed by atoms with Crippen molar-refractivity contribution in [2.24, 2.45) is 0 Å². The molecule has 0 radical (unpaired) electrons. The molecule has 0 bridgehead atoms. The first-order chi connectivity index (χ1) is 13.5. The second kappa shape index (κ2) is 7.01. The van der Waals surface area contributed by atoms with Gasteiger partial charge in [0.05, 0.1) is 23.2 Å². The van der Waals surface area contributed by atoms with Gasteiger partial charge in [-0.05, 0) is 37.3 Å². The summed E-state index contributed by atoms with van der Waals surface area (Å²) in [7, 11) is 0. The summed E-state index contributed by atoms with van der Waals surface area (Å²) in [4.78, 5) is 33.5. The van der Waals surface area contributed by atoms with E-state index in [4.69, 9.17) is 16.3 Å². The van der Waals surface area contributed by atoms with E-state index in [9.17, 15) is 14.0 Å². The van der Waals surface area contributed by atoms with Crippen LogP contribution < -0.4 is 5.43 Å². The lowest BCUT2D eigenvalue weighted by atomic mass is 10.1. The van der Waals surface area contributed by atoms with Crippen LogP contribution in [0.5, 0.6) is 0 Å². The highest BCUT2D eigenvalue weighted by molar-refractivity contribution is 6.30. The number of ether oxygens (including phenoxy) is 1. The van der Waals surface area contributed by atoms with E-state index >= 15 is 0 Å². The zero-order valence-corrected chi connectivity index (χ0v) is 15.4. The molecule has 4 rings (SSSR count). The molecule has 0 amide bonds. The van der Waals surface area contributed by atoms with Gasteiger partial charge in [0.25, 0.3) is 0 Å². The predicted octanol–water partition coefficient (Wildman–Crippen LogP) is 3.90. The first kappa shape index (κ1) is 18.1. The molecule has 0 saturated heterocycles. The van der Waals surface area contributed by atoms with E-state index in [1.807, 2.05) is 12.1 Å². The number of esters is 1. The smallest absolute Gasteiger partial charge is 0.343 e. The van der Waals surface area contributed by atoms with Crippen LogP contribution in [-0.4, -0.2) is 27.1 Å². The molecule has 28 heavy (non-hydrogen) atoms. The highest BCUT2D eigenvalue weighted by Gasteiger charge is 2.20. The first-order valence-corrected chi connectivity index (χ1v) is 8.81. The molecule has 0 aliphatic heterocycles. The van der Waals surface area contributed by atoms with Crippen LogP contribution >= 0.6 is 11.6 Å². The van der Waals surface area contributed by atoms with Crippen molar-refractivity contribution < 1.29 is 13.9 Å². The number of rotatable bonds is 3. The molecule has 0 unspecified atom stereocenters. The molecule has 1 aromatic carbocycles. The fraction of sp³-hybridized carbons (Fsp3) is 0.100. The molecule has 0 atom stereocenters. The van der Waals surface area contributed by atoms with Gasteiger partial charge in [0.1, 0.15) is 11.2 Å². The monoisotopic (exact) mass is 397 g/mol. The van der Waals surface area contributed by atoms with E-state index in [1.54, 1.807) is 31.3 Å². The Hall–Kier alpha value is -3.32. The largest absolute Gasteiger partial charge is 0.462 e. The normalized spacial score (nSPS) is 11.1. The summed E-state index contributed by atoms with van der Waals surface area (Å²) < 4.78 is 20.5. The van der Waals surface area contributed by atoms with Crippen LogP contribution in [0.15, 0.2) is 53.6 Å². The van der Waals surface area contributed by atoms with Crippen molar-refractivity contribution in [1.29, 1.82) is 0 Å². The first-order valence-electron chi connectivity index (χ1n) is 8.44. The molecular formula is C20H13ClFN3O3. The molecule has 0 N–H and O–H groups in total. The number of benzene rings is 1. The minimum atomic E-state index is -0.849. The summed E-state index contributed by atoms with van der Waals surface area (Å²) in [5, 5.41) is 0.309. The molecule has 0 fully saturated rings. The summed E-state index contributed by atoms with van der Waals surface area (Å²) in [5.74, 6) is -1.64. The lowest BCUT2D eigenvalue weighted by Gasteiger charge is -2.14. The third kappa shape index (κ3) is 2.90. The van der Waals surface area contributed by atoms with Gasteiger partial charge in [-0.3, -0.25) is 14.3 Å². The number of nitrogens with zero attached hydrogens (tertiary/aromatic N) is 3. The molecule has 0 spiro atoms. The number of pyridine rings is 3. The van der Waals surface area contributed by atoms with Crippen molar-refractivity contribution in [3.8, 4) is 5.69 Å². The number of halogens is 2. The molecule has 3 aromatic heterocycles. The molecule has 140 valence electrons. The Balaban J connectivity index is 2.15. The van der Waals surface area contributed by atoms with E-state index in [0.717, 1.165) is 11.5 Å². The topological polar surface area (TPSA) is 74.1 Å². The molecule has 0 saturated carbocycles. The summed E-state index contributed by atoms with van der Waals surface area (Å²) in [6.45, 7) is 1.73. The van der Waals surface area contributed by atoms with Gasteiger partial charge in [0.15, 0.2) is 11.0 Å². The number of hydrogen-bond donors (Lipinski definition) is 0. The number of fused-ring (bicyclic) bond motifs is 2. The molecule has 0 aliphatic rings. The van der Waals surface area contributed by atoms with Crippen LogP contribution in [0, 0.1) is 5.82 Å². The third-order valence-corrected chi connectivity index (χ3v) is 4.53. The molecular weight excluding hydrogens is 385 g/mol. The molecule has 6 nitrogen and oxygen atoms in total. The minimum absolute atomic E-state index is 0.0756. The maximum Gasteiger partial charge on any atom is 0.343 e. The Morgan fingerprint density at radius 2 is 2.07 bits per heavy atom. The van der Waals surface area contributed by atoms with Crippen molar-refractivity contribution in [2.45, 2.75) is 6.92 Å². The van der Waals surface area contributed by atoms with Gasteiger partial charge in [-0.2, -0.15) is 0 Å². The lowest BCUT2D eigenvalue weighted by molar-refractivity contribution is 0.0524. The Kier molecular flexibility index (Phi) is 4.52. The van der Waals surface area contributed by atoms with E-state index in [2.05, 4.69) is 9.97 Å². The van der Waals surface area contributed by atoms with Gasteiger partial charge in [-0.25, -0.2) is 14.2 Å². The minimum Gasteiger partial charge on any atom is -0.462 e. The van der Waals surface area contributed by atoms with Crippen LogP contribution in [0.2, 0.25) is 5.15 Å². The van der Waals surface area contributed by atoms with Crippen molar-refractivity contribution in [3.63, 3.8) is 0 Å². The summed E-state index contributed by atoms with van der Waals surface area (Å²) in [6, 6.07) is 9.98. The van der Waals surface area contributed by atoms with Crippen molar-refractivity contribution in [1.82, 2.24) is 14.5 Å². The maximum absolute atomic E-state index is 14.0. The average molecular weight is 398 g/mol. The van der Waals surface area contributed by atoms with E-state index in [0.29, 0.717) is 11.2 Å². The second-order valence-electron chi connectivity index (χ2n) is 5.94. The number of hydrogen-bond acceptors (Lipinski definition) is 5. The number of carbonyl (C=O) groups excluding carboxylic acids is 1. The van der Waals surface area contributed by atoms with Crippen LogP contribution in [0.3, 0.4) is 0 Å². The third-order valence-electron chi connectivity index (χ3n) is 4.27. The van der Waals surface area contributed by atoms with Crippen LogP contribution in [0.25, 0.3) is 27.6 Å². The Labute approximate surface area is 163 Å². The highest BCUT2D eigenvalue weighted by Crippen LogP contribution is 2.25. The predicted molar refractivity (Wildman–Crippen MR) is 104 cm³/mol. The molecule has 4 aromatic rings. The van der Waals surface area contributed by atoms with Gasteiger partial charge in [0.2, 0.25) is 5.43 Å². The lowest BCUT2D eigenvalue weighted by Crippen LogP contribution is -2.21. The SMILES string of the molecule is CCOC(=O)c1cn(-c2cccc3ncccc23)c2nc(Cl)c(F)cc2c1=O. The second-order valence-corrected chi connectivity index (χ2v) is 6.30. The maximum atomic E-state index is 14.0. The number of carbonyl (C=O) groups is 1. The Bertz CT molecular complexity index is 1300. The van der Waals surface area contributed by atoms with Crippen molar-refractivity contribution >= 4 is 39.5 Å². The van der Waals surface area contributed by atoms with Gasteiger partial charge < -0.3 is 4.74 Å². The molecule has 0 aliphatic carbocycles. The summed E-state index contributed by atoms with van der Waals surface area (Å²) in [5.41, 5.74) is 0.541. The zero-order valence-electron chi connectivity index (χ0n) is 14.6. The van der Waals surface area contributed by atoms with Crippen LogP contribution in [0.4, 0.5) is 4.39 Å². The van der Waals surface area contributed by atoms with Crippen molar-refractivity contribution in [3.05, 3.63) is 75.5 Å². The standard InChI is InChI=1S/C20H13ClFN3O3/c1-2-28-20(27)13-10-25(16-7-3-6-15-11(16)5-4-8-23-15)19-12(17(13)26)9-14(22)18(21)24-19/h3-10H,2H2,1H3. The highest BCUT2D eigenvalue weighted by atomic mass is 35.5. The summed E-state index contributed by atoms with van der Waals surface area (Å²) in [6.07, 6.45) is 3.00. The van der Waals surface area contributed by atoms with Gasteiger partial charge in [-0.1, -0.05) is 17.7 Å². The van der Waals surface area contributed by atoms with E-state index < -0.39 is 17.2 Å². The van der Waals surface area contributed by atoms with E-state index in [1.165, 1.54) is 10.8 Å². The Morgan fingerprint density at radius 3 is 2.86 bits per heavy atom. The van der Waals surface area contributed by atoms with Crippen molar-refractivity contribution in [2.75, 3.05) is 6.61 Å². The number of aromatic nitrogens is 3. The van der Waals surface area contributed by atoms with Gasteiger partial charge in [-0.15, -0.1) is 0 Å². The summed E-state index contributed by atoms with van der Waals surface area (Å²) >= 11 is 5.86. The quantitative estimate of drug-likeness (QED) is 0.387. The Morgan fingerprint density at radius 1 is 1.25 bits per heavy atom. The fourth-order valence-electron chi connectivity index (χ4n) is 3.04. The van der Waals surface area contributed by atoms with E-state index in [-0.39, 0.29) is 28.4 Å². The fourth-order valence-corrected chi connectivity index (χ4v) is 3.17. The molecule has 8 heteroatoms. The van der Waals surface area contributed by atoms with Crippen LogP contribution in [-0.2, 0) is 4.74 Å². The zero-order chi connectivity index (χ0) is 19.8. The van der Waals surface area contributed by atoms with Crippen LogP contribution in [0.1, 0.15) is 17.3 Å². The average Bonchev–Trinajstić information content (AvgIpc) is 2.70. The van der Waals surface area contributed by atoms with Gasteiger partial charge in [0, 0.05) is 17.8 Å². The molecule has 3 heterocycles. The van der Waals surface area contributed by atoms with Gasteiger partial charge >= 0.3 is 5.97 Å².